The summed E-state index contributed by atoms with van der Waals surface area (Å²) in [6.45, 7) is 2.67. The van der Waals surface area contributed by atoms with Gasteiger partial charge in [-0.3, -0.25) is 4.57 Å². The fourth-order valence-corrected chi connectivity index (χ4v) is 2.31. The summed E-state index contributed by atoms with van der Waals surface area (Å²) in [6.07, 6.45) is 0. The highest BCUT2D eigenvalue weighted by molar-refractivity contribution is 7.58. The molecule has 0 bridgehead atoms. The summed E-state index contributed by atoms with van der Waals surface area (Å²) in [5.41, 5.74) is -0.0269. The highest BCUT2D eigenvalue weighted by Crippen LogP contribution is 2.42. The molecule has 13 heavy (non-hydrogen) atoms. The minimum Gasteiger partial charge on any atom is -0.379 e. The predicted molar refractivity (Wildman–Crippen MR) is 50.9 cm³/mol. The second-order valence-corrected chi connectivity index (χ2v) is 5.54. The van der Waals surface area contributed by atoms with E-state index in [9.17, 15) is 4.57 Å². The lowest BCUT2D eigenvalue weighted by Crippen LogP contribution is -2.44. The third-order valence-corrected chi connectivity index (χ3v) is 4.19. The summed E-state index contributed by atoms with van der Waals surface area (Å²) in [7, 11) is -1.48. The predicted octanol–water partition coefficient (Wildman–Crippen LogP) is 0.859. The van der Waals surface area contributed by atoms with Crippen molar-refractivity contribution in [3.63, 3.8) is 0 Å². The van der Waals surface area contributed by atoms with Crippen LogP contribution >= 0.6 is 19.1 Å². The van der Waals surface area contributed by atoms with E-state index in [0.29, 0.717) is 26.3 Å². The van der Waals surface area contributed by atoms with Crippen molar-refractivity contribution in [3.05, 3.63) is 0 Å². The number of nitrogens with zero attached hydrogens (tertiary/aromatic N) is 1. The Morgan fingerprint density at radius 3 is 2.69 bits per heavy atom. The first-order valence-electron chi connectivity index (χ1n) is 4.01. The van der Waals surface area contributed by atoms with Gasteiger partial charge in [0.1, 0.15) is 5.62 Å². The molecule has 1 aliphatic heterocycles. The zero-order valence-electron chi connectivity index (χ0n) is 7.53. The monoisotopic (exact) mass is 228 g/mol. The van der Waals surface area contributed by atoms with Gasteiger partial charge in [-0.25, -0.2) is 5.01 Å². The number of alkyl halides is 1. The number of halogens is 1. The van der Waals surface area contributed by atoms with Crippen molar-refractivity contribution in [1.29, 1.82) is 0 Å². The van der Waals surface area contributed by atoms with Crippen LogP contribution < -0.4 is 5.20 Å². The SMILES string of the molecule is COP(=O)(CCl)NN1CCOCC1. The van der Waals surface area contributed by atoms with Crippen LogP contribution in [0.3, 0.4) is 0 Å². The fourth-order valence-electron chi connectivity index (χ4n) is 0.995. The van der Waals surface area contributed by atoms with Crippen LogP contribution in [-0.2, 0) is 13.8 Å². The van der Waals surface area contributed by atoms with E-state index in [2.05, 4.69) is 5.20 Å². The van der Waals surface area contributed by atoms with Crippen LogP contribution in [0, 0.1) is 0 Å². The molecule has 1 fully saturated rings. The van der Waals surface area contributed by atoms with Crippen LogP contribution in [0.25, 0.3) is 0 Å². The van der Waals surface area contributed by atoms with Crippen LogP contribution in [0.1, 0.15) is 0 Å². The lowest BCUT2D eigenvalue weighted by molar-refractivity contribution is 0.0247. The lowest BCUT2D eigenvalue weighted by atomic mass is 10.5. The van der Waals surface area contributed by atoms with Crippen molar-refractivity contribution in [3.8, 4) is 0 Å². The molecule has 0 aromatic heterocycles. The molecule has 0 amide bonds. The maximum absolute atomic E-state index is 11.7. The topological polar surface area (TPSA) is 50.8 Å². The zero-order chi connectivity index (χ0) is 9.73. The number of morpholine rings is 1. The molecule has 78 valence electrons. The van der Waals surface area contributed by atoms with Crippen LogP contribution in [0.5, 0.6) is 0 Å². The van der Waals surface area contributed by atoms with Crippen molar-refractivity contribution in [1.82, 2.24) is 10.2 Å². The largest absolute Gasteiger partial charge is 0.379 e. The summed E-state index contributed by atoms with van der Waals surface area (Å²) < 4.78 is 21.6. The third kappa shape index (κ3) is 3.54. The number of nitrogens with one attached hydrogen (secondary N) is 1. The Balaban J connectivity index is 2.40. The molecule has 0 aromatic carbocycles. The maximum atomic E-state index is 11.7. The summed E-state index contributed by atoms with van der Waals surface area (Å²) in [4.78, 5) is 0. The molecule has 1 N–H and O–H groups in total. The Bertz CT molecular complexity index is 190. The Labute approximate surface area is 82.8 Å². The number of hydrogen-bond donors (Lipinski definition) is 1. The highest BCUT2D eigenvalue weighted by atomic mass is 35.5. The van der Waals surface area contributed by atoms with E-state index >= 15 is 0 Å². The quantitative estimate of drug-likeness (QED) is 0.571. The summed E-state index contributed by atoms with van der Waals surface area (Å²) in [5, 5.41) is 4.60. The van der Waals surface area contributed by atoms with Gasteiger partial charge in [0.15, 0.2) is 0 Å². The molecule has 1 aliphatic rings. The van der Waals surface area contributed by atoms with E-state index < -0.39 is 7.52 Å². The van der Waals surface area contributed by atoms with Crippen LogP contribution in [0.2, 0.25) is 0 Å². The van der Waals surface area contributed by atoms with Crippen molar-refractivity contribution in [2.45, 2.75) is 0 Å². The second-order valence-electron chi connectivity index (χ2n) is 2.67. The molecular formula is C6H14ClN2O3P. The van der Waals surface area contributed by atoms with Gasteiger partial charge in [0, 0.05) is 20.2 Å². The number of hydrazine groups is 1. The van der Waals surface area contributed by atoms with Crippen molar-refractivity contribution < 1.29 is 13.8 Å². The van der Waals surface area contributed by atoms with Gasteiger partial charge in [0.05, 0.1) is 13.2 Å². The second kappa shape index (κ2) is 5.29. The van der Waals surface area contributed by atoms with Crippen molar-refractivity contribution in [2.75, 3.05) is 39.0 Å². The molecule has 1 atom stereocenters. The summed E-state index contributed by atoms with van der Waals surface area (Å²) in [6, 6.07) is 0. The Morgan fingerprint density at radius 2 is 2.23 bits per heavy atom. The Morgan fingerprint density at radius 1 is 1.62 bits per heavy atom. The minimum atomic E-state index is -2.86. The van der Waals surface area contributed by atoms with E-state index in [0.717, 1.165) is 0 Å². The average molecular weight is 229 g/mol. The van der Waals surface area contributed by atoms with E-state index in [-0.39, 0.29) is 5.62 Å². The van der Waals surface area contributed by atoms with Crippen LogP contribution in [-0.4, -0.2) is 44.0 Å². The standard InChI is InChI=1S/C6H14ClN2O3P/c1-11-13(10,6-7)8-9-2-4-12-5-3-9/h2-6H2,1H3,(H,8,10). The summed E-state index contributed by atoms with van der Waals surface area (Å²) in [5.74, 6) is 0. The molecule has 1 saturated heterocycles. The molecule has 7 heteroatoms. The maximum Gasteiger partial charge on any atom is 0.297 e. The molecule has 0 radical (unpaired) electrons. The van der Waals surface area contributed by atoms with Crippen molar-refractivity contribution >= 4 is 19.1 Å². The molecule has 1 unspecified atom stereocenters. The first-order valence-corrected chi connectivity index (χ1v) is 6.36. The van der Waals surface area contributed by atoms with E-state index in [4.69, 9.17) is 20.9 Å². The molecule has 0 aliphatic carbocycles. The smallest absolute Gasteiger partial charge is 0.297 e. The first-order chi connectivity index (χ1) is 6.20. The van der Waals surface area contributed by atoms with Gasteiger partial charge in [-0.2, -0.15) is 5.20 Å². The van der Waals surface area contributed by atoms with Crippen molar-refractivity contribution in [2.24, 2.45) is 0 Å². The van der Waals surface area contributed by atoms with E-state index in [1.54, 1.807) is 0 Å². The lowest BCUT2D eigenvalue weighted by Gasteiger charge is -2.29. The van der Waals surface area contributed by atoms with Gasteiger partial charge in [0.2, 0.25) is 0 Å². The number of rotatable bonds is 4. The van der Waals surface area contributed by atoms with Gasteiger partial charge < -0.3 is 9.26 Å². The average Bonchev–Trinajstić information content (AvgIpc) is 2.19. The van der Waals surface area contributed by atoms with Gasteiger partial charge in [-0.15, -0.1) is 11.6 Å². The highest BCUT2D eigenvalue weighted by Gasteiger charge is 2.24. The van der Waals surface area contributed by atoms with E-state index in [1.165, 1.54) is 7.11 Å². The van der Waals surface area contributed by atoms with Crippen LogP contribution in [0.15, 0.2) is 0 Å². The molecule has 5 nitrogen and oxygen atoms in total. The number of ether oxygens (including phenoxy) is 1. The Kier molecular flexibility index (Phi) is 4.66. The third-order valence-electron chi connectivity index (χ3n) is 1.76. The molecule has 1 heterocycles. The molecule has 0 saturated carbocycles. The Hall–Kier alpha value is 0.360. The van der Waals surface area contributed by atoms with Gasteiger partial charge >= 0.3 is 0 Å². The number of hydrogen-bond acceptors (Lipinski definition) is 4. The van der Waals surface area contributed by atoms with Gasteiger partial charge in [-0.05, 0) is 0 Å². The fraction of sp³-hybridized carbons (Fsp3) is 1.00. The normalized spacial score (nSPS) is 24.2. The minimum absolute atomic E-state index is 0.0269. The molecular weight excluding hydrogens is 215 g/mol. The summed E-state index contributed by atoms with van der Waals surface area (Å²) >= 11 is 5.52. The van der Waals surface area contributed by atoms with E-state index in [1.807, 2.05) is 5.01 Å². The molecule has 1 rings (SSSR count). The first kappa shape index (κ1) is 11.4. The van der Waals surface area contributed by atoms with Gasteiger partial charge in [-0.1, -0.05) is 0 Å². The zero-order valence-corrected chi connectivity index (χ0v) is 9.18. The molecule has 0 aromatic rings. The van der Waals surface area contributed by atoms with Gasteiger partial charge in [0.25, 0.3) is 7.52 Å². The van der Waals surface area contributed by atoms with Crippen LogP contribution in [0.4, 0.5) is 0 Å². The molecule has 0 spiro atoms.